The van der Waals surface area contributed by atoms with Crippen LogP contribution in [0.25, 0.3) is 0 Å². The molecular formula is C14H11ClF3N3O3. The van der Waals surface area contributed by atoms with Gasteiger partial charge in [-0.25, -0.2) is 9.48 Å². The van der Waals surface area contributed by atoms with Crippen LogP contribution in [-0.2, 0) is 11.0 Å². The van der Waals surface area contributed by atoms with Crippen molar-refractivity contribution in [3.05, 3.63) is 46.7 Å². The van der Waals surface area contributed by atoms with Crippen LogP contribution in [-0.4, -0.2) is 26.8 Å². The Morgan fingerprint density at radius 3 is 2.58 bits per heavy atom. The van der Waals surface area contributed by atoms with Crippen molar-refractivity contribution < 1.29 is 27.9 Å². The van der Waals surface area contributed by atoms with E-state index >= 15 is 0 Å². The van der Waals surface area contributed by atoms with E-state index in [1.807, 2.05) is 0 Å². The van der Waals surface area contributed by atoms with Crippen LogP contribution in [0.2, 0.25) is 5.02 Å². The van der Waals surface area contributed by atoms with Gasteiger partial charge in [0, 0.05) is 11.9 Å². The van der Waals surface area contributed by atoms with Crippen LogP contribution in [0.15, 0.2) is 30.5 Å². The number of nitrogens with one attached hydrogen (secondary N) is 1. The van der Waals surface area contributed by atoms with E-state index in [2.05, 4.69) is 10.4 Å². The van der Waals surface area contributed by atoms with E-state index in [-0.39, 0.29) is 11.4 Å². The van der Waals surface area contributed by atoms with Crippen LogP contribution < -0.4 is 5.32 Å². The van der Waals surface area contributed by atoms with Crippen LogP contribution in [0.4, 0.5) is 18.9 Å². The fourth-order valence-corrected chi connectivity index (χ4v) is 2.15. The third-order valence-electron chi connectivity index (χ3n) is 3.16. The highest BCUT2D eigenvalue weighted by Gasteiger charge is 2.33. The molecule has 0 bridgehead atoms. The van der Waals surface area contributed by atoms with Gasteiger partial charge in [0.15, 0.2) is 0 Å². The minimum Gasteiger partial charge on any atom is -0.480 e. The predicted molar refractivity (Wildman–Crippen MR) is 79.0 cm³/mol. The fourth-order valence-electron chi connectivity index (χ4n) is 1.92. The van der Waals surface area contributed by atoms with Gasteiger partial charge >= 0.3 is 12.1 Å². The first-order valence-electron chi connectivity index (χ1n) is 6.55. The number of nitrogens with zero attached hydrogens (tertiary/aromatic N) is 2. The number of hydrogen-bond donors (Lipinski definition) is 2. The van der Waals surface area contributed by atoms with Crippen molar-refractivity contribution in [1.29, 1.82) is 0 Å². The Hall–Kier alpha value is -2.55. The highest BCUT2D eigenvalue weighted by molar-refractivity contribution is 6.31. The van der Waals surface area contributed by atoms with E-state index in [0.717, 1.165) is 10.7 Å². The molecule has 1 aromatic heterocycles. The summed E-state index contributed by atoms with van der Waals surface area (Å²) in [6, 6.07) is 3.06. The molecule has 6 nitrogen and oxygen atoms in total. The number of hydrogen-bond acceptors (Lipinski definition) is 3. The number of carbonyl (C=O) groups is 2. The number of aliphatic carboxylic acids is 1. The maximum atomic E-state index is 12.8. The number of rotatable bonds is 4. The van der Waals surface area contributed by atoms with E-state index in [1.165, 1.54) is 25.3 Å². The van der Waals surface area contributed by atoms with Gasteiger partial charge in [-0.3, -0.25) is 4.79 Å². The van der Waals surface area contributed by atoms with Crippen molar-refractivity contribution in [2.24, 2.45) is 0 Å². The summed E-state index contributed by atoms with van der Waals surface area (Å²) >= 11 is 5.51. The minimum atomic E-state index is -4.67. The number of carbonyl (C=O) groups excluding carboxylic acids is 1. The Labute approximate surface area is 138 Å². The summed E-state index contributed by atoms with van der Waals surface area (Å²) in [7, 11) is 0. The molecule has 1 aromatic carbocycles. The lowest BCUT2D eigenvalue weighted by Crippen LogP contribution is -2.24. The Balaban J connectivity index is 2.29. The van der Waals surface area contributed by atoms with Crippen LogP contribution in [0, 0.1) is 0 Å². The van der Waals surface area contributed by atoms with Crippen molar-refractivity contribution in [3.8, 4) is 0 Å². The van der Waals surface area contributed by atoms with Crippen molar-refractivity contribution in [2.75, 3.05) is 5.32 Å². The zero-order valence-electron chi connectivity index (χ0n) is 12.1. The standard InChI is InChI=1S/C14H11ClF3N3O3/c1-7(13(23)24)21-11(4-5-19-21)12(22)20-8-2-3-10(15)9(6-8)14(16,17)18/h2-7H,1H3,(H,20,22)(H,23,24). The monoisotopic (exact) mass is 361 g/mol. The number of aromatic nitrogens is 2. The summed E-state index contributed by atoms with van der Waals surface area (Å²) in [6.45, 7) is 1.32. The summed E-state index contributed by atoms with van der Waals surface area (Å²) < 4.78 is 39.4. The number of alkyl halides is 3. The molecule has 0 aliphatic carbocycles. The topological polar surface area (TPSA) is 84.2 Å². The Bertz CT molecular complexity index is 789. The lowest BCUT2D eigenvalue weighted by Gasteiger charge is -2.13. The SMILES string of the molecule is CC(C(=O)O)n1nccc1C(=O)Nc1ccc(Cl)c(C(F)(F)F)c1. The molecule has 0 radical (unpaired) electrons. The van der Waals surface area contributed by atoms with Crippen molar-refractivity contribution in [1.82, 2.24) is 9.78 Å². The van der Waals surface area contributed by atoms with Crippen molar-refractivity contribution in [2.45, 2.75) is 19.1 Å². The summed E-state index contributed by atoms with van der Waals surface area (Å²) in [5.74, 6) is -2.00. The molecule has 2 N–H and O–H groups in total. The molecule has 1 amide bonds. The quantitative estimate of drug-likeness (QED) is 0.873. The molecular weight excluding hydrogens is 351 g/mol. The van der Waals surface area contributed by atoms with E-state index in [0.29, 0.717) is 6.07 Å². The van der Waals surface area contributed by atoms with E-state index in [9.17, 15) is 22.8 Å². The van der Waals surface area contributed by atoms with Gasteiger partial charge < -0.3 is 10.4 Å². The van der Waals surface area contributed by atoms with Crippen molar-refractivity contribution in [3.63, 3.8) is 0 Å². The van der Waals surface area contributed by atoms with Crippen molar-refractivity contribution >= 4 is 29.2 Å². The molecule has 1 atom stereocenters. The largest absolute Gasteiger partial charge is 0.480 e. The number of halogens is 4. The van der Waals surface area contributed by atoms with Crippen LogP contribution in [0.1, 0.15) is 29.0 Å². The molecule has 0 saturated carbocycles. The second-order valence-corrected chi connectivity index (χ2v) is 5.23. The number of anilines is 1. The van der Waals surface area contributed by atoms with Gasteiger partial charge in [0.25, 0.3) is 5.91 Å². The molecule has 0 saturated heterocycles. The summed E-state index contributed by atoms with van der Waals surface area (Å²) in [6.07, 6.45) is -3.45. The first kappa shape index (κ1) is 17.8. The predicted octanol–water partition coefficient (Wildman–Crippen LogP) is 3.45. The van der Waals surface area contributed by atoms with E-state index in [1.54, 1.807) is 0 Å². The lowest BCUT2D eigenvalue weighted by molar-refractivity contribution is -0.140. The normalized spacial score (nSPS) is 12.7. The second kappa shape index (κ2) is 6.52. The van der Waals surface area contributed by atoms with Crippen LogP contribution >= 0.6 is 11.6 Å². The van der Waals surface area contributed by atoms with Crippen LogP contribution in [0.5, 0.6) is 0 Å². The third kappa shape index (κ3) is 3.67. The minimum absolute atomic E-state index is 0.103. The molecule has 128 valence electrons. The van der Waals surface area contributed by atoms with Gasteiger partial charge in [0.05, 0.1) is 10.6 Å². The lowest BCUT2D eigenvalue weighted by atomic mass is 10.2. The number of benzene rings is 1. The molecule has 0 spiro atoms. The molecule has 1 unspecified atom stereocenters. The van der Waals surface area contributed by atoms with Gasteiger partial charge in [0.2, 0.25) is 0 Å². The van der Waals surface area contributed by atoms with Gasteiger partial charge in [-0.05, 0) is 31.2 Å². The maximum Gasteiger partial charge on any atom is 0.417 e. The molecule has 0 aliphatic rings. The smallest absolute Gasteiger partial charge is 0.417 e. The highest BCUT2D eigenvalue weighted by atomic mass is 35.5. The molecule has 2 rings (SSSR count). The average molecular weight is 362 g/mol. The Morgan fingerprint density at radius 2 is 2.00 bits per heavy atom. The highest BCUT2D eigenvalue weighted by Crippen LogP contribution is 2.36. The number of carboxylic acids is 1. The Kier molecular flexibility index (Phi) is 4.83. The zero-order valence-corrected chi connectivity index (χ0v) is 12.9. The van der Waals surface area contributed by atoms with Crippen LogP contribution in [0.3, 0.4) is 0 Å². The molecule has 2 aromatic rings. The molecule has 0 fully saturated rings. The molecule has 24 heavy (non-hydrogen) atoms. The van der Waals surface area contributed by atoms with E-state index in [4.69, 9.17) is 16.7 Å². The second-order valence-electron chi connectivity index (χ2n) is 4.82. The summed E-state index contributed by atoms with van der Waals surface area (Å²) in [5, 5.41) is 14.5. The fraction of sp³-hybridized carbons (Fsp3) is 0.214. The maximum absolute atomic E-state index is 12.8. The third-order valence-corrected chi connectivity index (χ3v) is 3.49. The van der Waals surface area contributed by atoms with Gasteiger partial charge in [-0.2, -0.15) is 18.3 Å². The number of amides is 1. The summed E-state index contributed by atoms with van der Waals surface area (Å²) in [5.41, 5.74) is -1.32. The van der Waals surface area contributed by atoms with Gasteiger partial charge in [0.1, 0.15) is 11.7 Å². The number of carboxylic acid groups (broad SMARTS) is 1. The molecule has 0 aliphatic heterocycles. The first-order valence-corrected chi connectivity index (χ1v) is 6.93. The average Bonchev–Trinajstić information content (AvgIpc) is 2.96. The van der Waals surface area contributed by atoms with Gasteiger partial charge in [-0.15, -0.1) is 0 Å². The zero-order chi connectivity index (χ0) is 18.1. The first-order chi connectivity index (χ1) is 11.1. The van der Waals surface area contributed by atoms with Gasteiger partial charge in [-0.1, -0.05) is 11.6 Å². The molecule has 10 heteroatoms. The van der Waals surface area contributed by atoms with E-state index < -0.39 is 34.7 Å². The molecule has 1 heterocycles. The Morgan fingerprint density at radius 1 is 1.33 bits per heavy atom. The summed E-state index contributed by atoms with van der Waals surface area (Å²) in [4.78, 5) is 23.2.